The molecule has 84 valence electrons. The summed E-state index contributed by atoms with van der Waals surface area (Å²) in [6, 6.07) is 2.17. The smallest absolute Gasteiger partial charge is 0.227 e. The molecule has 0 aliphatic carbocycles. The highest BCUT2D eigenvalue weighted by molar-refractivity contribution is 5.82. The fourth-order valence-corrected chi connectivity index (χ4v) is 2.80. The van der Waals surface area contributed by atoms with Gasteiger partial charge < -0.3 is 9.32 Å². The van der Waals surface area contributed by atoms with E-state index in [1.807, 2.05) is 11.0 Å². The third-order valence-electron chi connectivity index (χ3n) is 3.66. The van der Waals surface area contributed by atoms with Gasteiger partial charge in [0, 0.05) is 17.7 Å². The number of furan rings is 1. The lowest BCUT2D eigenvalue weighted by molar-refractivity contribution is -0.129. The summed E-state index contributed by atoms with van der Waals surface area (Å²) in [5, 5.41) is 0. The van der Waals surface area contributed by atoms with E-state index < -0.39 is 0 Å². The van der Waals surface area contributed by atoms with Crippen LogP contribution in [0.25, 0.3) is 0 Å². The van der Waals surface area contributed by atoms with Crippen LogP contribution in [0.2, 0.25) is 0 Å². The number of carbonyl (C=O) groups excluding carboxylic acids is 1. The summed E-state index contributed by atoms with van der Waals surface area (Å²) in [5.41, 5.74) is 3.76. The number of carbonyl (C=O) groups is 1. The number of amides is 1. The molecule has 3 nitrogen and oxygen atoms in total. The van der Waals surface area contributed by atoms with E-state index in [0.717, 1.165) is 24.8 Å². The molecule has 1 unspecified atom stereocenters. The molecule has 1 aromatic rings. The number of fused-ring (bicyclic) bond motifs is 1. The molecule has 0 bridgehead atoms. The van der Waals surface area contributed by atoms with Crippen LogP contribution in [-0.2, 0) is 4.79 Å². The van der Waals surface area contributed by atoms with E-state index >= 15 is 0 Å². The predicted octanol–water partition coefficient (Wildman–Crippen LogP) is 3.01. The molecule has 16 heavy (non-hydrogen) atoms. The van der Waals surface area contributed by atoms with Crippen molar-refractivity contribution in [2.75, 3.05) is 0 Å². The zero-order valence-corrected chi connectivity index (χ0v) is 9.40. The van der Waals surface area contributed by atoms with Gasteiger partial charge in [0.1, 0.15) is 0 Å². The normalized spacial score (nSPS) is 25.2. The van der Waals surface area contributed by atoms with Crippen LogP contribution < -0.4 is 0 Å². The van der Waals surface area contributed by atoms with Gasteiger partial charge in [0.25, 0.3) is 0 Å². The molecule has 1 amide bonds. The summed E-state index contributed by atoms with van der Waals surface area (Å²) in [4.78, 5) is 13.9. The van der Waals surface area contributed by atoms with Gasteiger partial charge in [0.15, 0.2) is 0 Å². The van der Waals surface area contributed by atoms with Gasteiger partial charge in [0.05, 0.1) is 18.6 Å². The molecule has 3 heteroatoms. The molecule has 3 heterocycles. The number of nitrogens with zero attached hydrogens (tertiary/aromatic N) is 1. The number of rotatable bonds is 1. The number of hydrogen-bond acceptors (Lipinski definition) is 2. The van der Waals surface area contributed by atoms with Crippen LogP contribution in [0.3, 0.4) is 0 Å². The standard InChI is InChI=1S/C13H15NO2/c1-9-2-3-12(10-6-7-16-8-10)14-11(9)4-5-13(14)15/h6-8,12H,2-5H2,1H3. The second-order valence-electron chi connectivity index (χ2n) is 4.60. The first-order valence-electron chi connectivity index (χ1n) is 5.80. The number of hydrogen-bond donors (Lipinski definition) is 0. The highest BCUT2D eigenvalue weighted by atomic mass is 16.3. The quantitative estimate of drug-likeness (QED) is 0.724. The molecular weight excluding hydrogens is 202 g/mol. The van der Waals surface area contributed by atoms with Gasteiger partial charge in [0.2, 0.25) is 5.91 Å². The van der Waals surface area contributed by atoms with Crippen molar-refractivity contribution in [1.29, 1.82) is 0 Å². The lowest BCUT2D eigenvalue weighted by atomic mass is 9.94. The first kappa shape index (κ1) is 9.70. The summed E-state index contributed by atoms with van der Waals surface area (Å²) >= 11 is 0. The van der Waals surface area contributed by atoms with Crippen molar-refractivity contribution in [1.82, 2.24) is 4.90 Å². The highest BCUT2D eigenvalue weighted by Crippen LogP contribution is 2.42. The van der Waals surface area contributed by atoms with Gasteiger partial charge in [-0.1, -0.05) is 5.57 Å². The maximum Gasteiger partial charge on any atom is 0.227 e. The predicted molar refractivity (Wildman–Crippen MR) is 59.5 cm³/mol. The Labute approximate surface area is 94.7 Å². The molecular formula is C13H15NO2. The van der Waals surface area contributed by atoms with Crippen molar-refractivity contribution in [3.8, 4) is 0 Å². The lowest BCUT2D eigenvalue weighted by Crippen LogP contribution is -2.31. The van der Waals surface area contributed by atoms with Crippen molar-refractivity contribution >= 4 is 5.91 Å². The summed E-state index contributed by atoms with van der Waals surface area (Å²) in [5.74, 6) is 0.264. The second-order valence-corrected chi connectivity index (χ2v) is 4.60. The van der Waals surface area contributed by atoms with Crippen molar-refractivity contribution in [2.45, 2.75) is 38.6 Å². The van der Waals surface area contributed by atoms with E-state index in [4.69, 9.17) is 4.42 Å². The number of allylic oxidation sites excluding steroid dienone is 2. The Kier molecular flexibility index (Phi) is 2.13. The van der Waals surface area contributed by atoms with Crippen molar-refractivity contribution < 1.29 is 9.21 Å². The van der Waals surface area contributed by atoms with Crippen LogP contribution in [-0.4, -0.2) is 10.8 Å². The van der Waals surface area contributed by atoms with Crippen molar-refractivity contribution in [2.24, 2.45) is 0 Å². The maximum atomic E-state index is 11.9. The topological polar surface area (TPSA) is 33.5 Å². The molecule has 0 aromatic carbocycles. The lowest BCUT2D eigenvalue weighted by Gasteiger charge is -2.34. The van der Waals surface area contributed by atoms with Crippen LogP contribution in [0.5, 0.6) is 0 Å². The van der Waals surface area contributed by atoms with Crippen LogP contribution in [0.1, 0.15) is 44.2 Å². The molecule has 1 atom stereocenters. The molecule has 3 rings (SSSR count). The molecule has 2 aliphatic heterocycles. The molecule has 0 radical (unpaired) electrons. The first-order chi connectivity index (χ1) is 7.77. The molecule has 1 fully saturated rings. The Bertz CT molecular complexity index is 445. The van der Waals surface area contributed by atoms with Crippen molar-refractivity contribution in [3.63, 3.8) is 0 Å². The Hall–Kier alpha value is -1.51. The third-order valence-corrected chi connectivity index (χ3v) is 3.66. The van der Waals surface area contributed by atoms with Crippen molar-refractivity contribution in [3.05, 3.63) is 35.4 Å². The average molecular weight is 217 g/mol. The first-order valence-corrected chi connectivity index (χ1v) is 5.80. The van der Waals surface area contributed by atoms with E-state index in [2.05, 4.69) is 6.92 Å². The molecule has 1 aromatic heterocycles. The van der Waals surface area contributed by atoms with E-state index in [9.17, 15) is 4.79 Å². The van der Waals surface area contributed by atoms with E-state index in [1.54, 1.807) is 12.5 Å². The second kappa shape index (κ2) is 3.51. The van der Waals surface area contributed by atoms with E-state index in [-0.39, 0.29) is 11.9 Å². The third kappa shape index (κ3) is 1.31. The monoisotopic (exact) mass is 217 g/mol. The average Bonchev–Trinajstić information content (AvgIpc) is 2.90. The van der Waals surface area contributed by atoms with Gasteiger partial charge in [-0.25, -0.2) is 0 Å². The fraction of sp³-hybridized carbons (Fsp3) is 0.462. The Morgan fingerprint density at radius 2 is 2.25 bits per heavy atom. The summed E-state index contributed by atoms with van der Waals surface area (Å²) in [7, 11) is 0. The highest BCUT2D eigenvalue weighted by Gasteiger charge is 2.36. The fourth-order valence-electron chi connectivity index (χ4n) is 2.80. The van der Waals surface area contributed by atoms with Gasteiger partial charge in [-0.15, -0.1) is 0 Å². The molecule has 1 saturated heterocycles. The maximum absolute atomic E-state index is 11.9. The summed E-state index contributed by atoms with van der Waals surface area (Å²) in [6.07, 6.45) is 7.13. The van der Waals surface area contributed by atoms with Gasteiger partial charge in [-0.3, -0.25) is 4.79 Å². The molecule has 0 spiro atoms. The summed E-state index contributed by atoms with van der Waals surface area (Å²) < 4.78 is 5.12. The molecule has 0 N–H and O–H groups in total. The van der Waals surface area contributed by atoms with E-state index in [0.29, 0.717) is 6.42 Å². The van der Waals surface area contributed by atoms with Gasteiger partial charge >= 0.3 is 0 Å². The van der Waals surface area contributed by atoms with Crippen LogP contribution >= 0.6 is 0 Å². The largest absolute Gasteiger partial charge is 0.472 e. The van der Waals surface area contributed by atoms with Crippen LogP contribution in [0, 0.1) is 0 Å². The Balaban J connectivity index is 2.01. The minimum atomic E-state index is 0.201. The summed E-state index contributed by atoms with van der Waals surface area (Å²) in [6.45, 7) is 2.15. The minimum Gasteiger partial charge on any atom is -0.472 e. The van der Waals surface area contributed by atoms with Gasteiger partial charge in [-0.2, -0.15) is 0 Å². The molecule has 0 saturated carbocycles. The van der Waals surface area contributed by atoms with Gasteiger partial charge in [-0.05, 0) is 32.3 Å². The van der Waals surface area contributed by atoms with Crippen LogP contribution in [0.4, 0.5) is 0 Å². The molecule has 2 aliphatic rings. The Morgan fingerprint density at radius 1 is 1.38 bits per heavy atom. The zero-order valence-electron chi connectivity index (χ0n) is 9.40. The zero-order chi connectivity index (χ0) is 11.1. The Morgan fingerprint density at radius 3 is 3.00 bits per heavy atom. The minimum absolute atomic E-state index is 0.201. The van der Waals surface area contributed by atoms with Crippen LogP contribution in [0.15, 0.2) is 34.3 Å². The van der Waals surface area contributed by atoms with E-state index in [1.165, 1.54) is 11.3 Å². The SMILES string of the molecule is CC1=C2CCC(=O)N2C(c2ccoc2)CC1.